The number of amides is 2. The summed E-state index contributed by atoms with van der Waals surface area (Å²) < 4.78 is 39.4. The van der Waals surface area contributed by atoms with Gasteiger partial charge in [-0.05, 0) is 105 Å². The quantitative estimate of drug-likeness (QED) is 0.0981. The maximum Gasteiger partial charge on any atom is 0.410 e. The Morgan fingerprint density at radius 1 is 0.739 bits per heavy atom. The summed E-state index contributed by atoms with van der Waals surface area (Å²) in [5.74, 6) is 0. The van der Waals surface area contributed by atoms with E-state index in [9.17, 15) is 38.2 Å². The zero-order valence-corrected chi connectivity index (χ0v) is 41.9. The molecule has 0 spiro atoms. The van der Waals surface area contributed by atoms with Crippen molar-refractivity contribution in [2.75, 3.05) is 44.0 Å². The van der Waals surface area contributed by atoms with E-state index in [0.29, 0.717) is 48.3 Å². The molecule has 3 aromatic carbocycles. The molecule has 19 nitrogen and oxygen atoms in total. The van der Waals surface area contributed by atoms with Crippen molar-refractivity contribution in [3.63, 3.8) is 0 Å². The van der Waals surface area contributed by atoms with Gasteiger partial charge in [-0.1, -0.05) is 85.4 Å². The summed E-state index contributed by atoms with van der Waals surface area (Å²) in [6.45, 7) is 16.6. The topological polar surface area (TPSA) is 245 Å². The molecule has 21 heteroatoms. The van der Waals surface area contributed by atoms with Crippen LogP contribution in [0.3, 0.4) is 0 Å². The number of nitrogens with two attached hydrogens (primary N) is 1. The third-order valence-corrected chi connectivity index (χ3v) is 13.2. The van der Waals surface area contributed by atoms with Crippen LogP contribution < -0.4 is 21.1 Å². The van der Waals surface area contributed by atoms with Crippen LogP contribution in [0.2, 0.25) is 0 Å². The van der Waals surface area contributed by atoms with Crippen molar-refractivity contribution in [1.82, 2.24) is 24.7 Å². The van der Waals surface area contributed by atoms with Crippen LogP contribution >= 0.6 is 15.9 Å². The highest BCUT2D eigenvalue weighted by Crippen LogP contribution is 2.30. The Hall–Kier alpha value is -4.93. The molecule has 0 atom stereocenters. The first-order valence-corrected chi connectivity index (χ1v) is 25.2. The molecule has 386 valence electrons. The van der Waals surface area contributed by atoms with Crippen LogP contribution in [-0.4, -0.2) is 113 Å². The molecule has 0 saturated carbocycles. The van der Waals surface area contributed by atoms with Crippen molar-refractivity contribution in [2.45, 2.75) is 143 Å². The molecule has 0 aromatic heterocycles. The predicted octanol–water partition coefficient (Wildman–Crippen LogP) is 9.10. The molecule has 5 N–H and O–H groups in total. The normalized spacial score (nSPS) is 17.4. The minimum atomic E-state index is -3.38. The number of carbonyl (C=O) groups is 2. The number of para-hydroxylation sites is 3. The van der Waals surface area contributed by atoms with E-state index in [2.05, 4.69) is 31.3 Å². The van der Waals surface area contributed by atoms with Crippen molar-refractivity contribution in [1.29, 1.82) is 0 Å². The highest BCUT2D eigenvalue weighted by atomic mass is 79.9. The maximum absolute atomic E-state index is 12.2. The molecule has 4 heterocycles. The molecular formula is C48H76BrN9O10S. The Morgan fingerprint density at radius 2 is 1.19 bits per heavy atom. The number of fused-ring (bicyclic) bond motifs is 1. The number of nitrogens with one attached hydrogen (secondary N) is 3. The second-order valence-electron chi connectivity index (χ2n) is 18.6. The number of nitro benzene ring substituents is 2. The first-order valence-electron chi connectivity index (χ1n) is 22.6. The fraction of sp³-hybridized carbons (Fsp3) is 0.583. The molecule has 0 radical (unpaired) electrons. The Labute approximate surface area is 417 Å². The first-order chi connectivity index (χ1) is 31.6. The summed E-state index contributed by atoms with van der Waals surface area (Å²) in [5, 5.41) is 28.5. The number of likely N-dealkylation sites (tertiary alicyclic amines) is 2. The third-order valence-electron chi connectivity index (χ3n) is 11.0. The minimum absolute atomic E-state index is 0. The average Bonchev–Trinajstić information content (AvgIpc) is 3.28. The third kappa shape index (κ3) is 20.1. The van der Waals surface area contributed by atoms with Crippen LogP contribution in [0.15, 0.2) is 72.8 Å². The van der Waals surface area contributed by atoms with Gasteiger partial charge in [0.1, 0.15) is 11.2 Å². The minimum Gasteiger partial charge on any atom is -0.444 e. The SMILES string of the molecule is C.C.CC(C)(C)OC(=O)N1CCC(N)CC1.CC(C)(C)OC(=O)N1CCC(NCc2ccccc2[N+](=O)[O-])CC1.O=S1(=O)Nc2ccccc2CN1C1CCNCC1.O=[N+]([O-])c1ccccc1CBr. The molecule has 3 aromatic rings. The molecule has 0 aliphatic carbocycles. The van der Waals surface area contributed by atoms with E-state index in [1.807, 2.05) is 65.8 Å². The molecular weight excluding hydrogens is 975 g/mol. The standard InChI is InChI=1S/C17H25N3O4.C12H17N3O2S.C10H20N2O2.C7H6BrNO2.2CH4/c1-17(2,3)24-16(21)19-10-8-14(9-11-19)18-12-13-6-4-5-7-15(13)20(22)23;16-18(17)14-12-4-2-1-3-10(12)9-15(18)11-5-7-13-8-6-11;1-10(2,3)14-9(13)12-6-4-8(11)5-7-12;8-5-6-3-1-2-4-7(6)9(10)11;;/h4-7,14,18H,8-12H2,1-3H3;1-4,11,13-14H,5-9H2;8H,4-7,11H2,1-3H3;1-4H,5H2;2*1H4. The van der Waals surface area contributed by atoms with Gasteiger partial charge in [-0.25, -0.2) is 9.59 Å². The largest absolute Gasteiger partial charge is 0.444 e. The van der Waals surface area contributed by atoms with E-state index >= 15 is 0 Å². The van der Waals surface area contributed by atoms with Gasteiger partial charge in [0.25, 0.3) is 11.4 Å². The fourth-order valence-electron chi connectivity index (χ4n) is 7.52. The molecule has 0 unspecified atom stereocenters. The van der Waals surface area contributed by atoms with E-state index in [1.54, 1.807) is 50.5 Å². The smallest absolute Gasteiger partial charge is 0.410 e. The van der Waals surface area contributed by atoms with Crippen molar-refractivity contribution in [3.8, 4) is 0 Å². The van der Waals surface area contributed by atoms with E-state index in [1.165, 1.54) is 12.1 Å². The monoisotopic (exact) mass is 1050 g/mol. The lowest BCUT2D eigenvalue weighted by Gasteiger charge is -2.37. The number of hydrogen-bond acceptors (Lipinski definition) is 13. The van der Waals surface area contributed by atoms with Gasteiger partial charge in [0.05, 0.1) is 15.5 Å². The van der Waals surface area contributed by atoms with Crippen LogP contribution in [0, 0.1) is 20.2 Å². The number of alkyl halides is 1. The van der Waals surface area contributed by atoms with Crippen molar-refractivity contribution in [3.05, 3.63) is 110 Å². The molecule has 4 aliphatic heterocycles. The summed E-state index contributed by atoms with van der Waals surface area (Å²) in [6.07, 6.45) is 4.62. The molecule has 4 aliphatic rings. The van der Waals surface area contributed by atoms with Crippen LogP contribution in [0.5, 0.6) is 0 Å². The summed E-state index contributed by atoms with van der Waals surface area (Å²) >= 11 is 3.17. The highest BCUT2D eigenvalue weighted by Gasteiger charge is 2.35. The summed E-state index contributed by atoms with van der Waals surface area (Å²) in [7, 11) is -3.38. The lowest BCUT2D eigenvalue weighted by atomic mass is 10.0. The lowest BCUT2D eigenvalue weighted by molar-refractivity contribution is -0.385. The van der Waals surface area contributed by atoms with Gasteiger partial charge >= 0.3 is 22.4 Å². The van der Waals surface area contributed by atoms with E-state index in [0.717, 1.165) is 70.3 Å². The number of rotatable bonds is 7. The van der Waals surface area contributed by atoms with Crippen LogP contribution in [-0.2, 0) is 38.1 Å². The van der Waals surface area contributed by atoms with E-state index in [4.69, 9.17) is 15.2 Å². The van der Waals surface area contributed by atoms with E-state index in [-0.39, 0.29) is 66.4 Å². The van der Waals surface area contributed by atoms with Crippen LogP contribution in [0.25, 0.3) is 0 Å². The number of anilines is 1. The van der Waals surface area contributed by atoms with Gasteiger partial charge in [0, 0.05) is 86.0 Å². The number of carbonyl (C=O) groups excluding carboxylic acids is 2. The van der Waals surface area contributed by atoms with Gasteiger partial charge in [-0.15, -0.1) is 0 Å². The van der Waals surface area contributed by atoms with Gasteiger partial charge in [0.15, 0.2) is 0 Å². The Morgan fingerprint density at radius 3 is 1.67 bits per heavy atom. The summed E-state index contributed by atoms with van der Waals surface area (Å²) in [4.78, 5) is 47.7. The predicted molar refractivity (Wildman–Crippen MR) is 275 cm³/mol. The fourth-order valence-corrected chi connectivity index (χ4v) is 9.50. The Bertz CT molecular complexity index is 2200. The van der Waals surface area contributed by atoms with E-state index < -0.39 is 21.4 Å². The second kappa shape index (κ2) is 28.1. The number of nitro groups is 2. The number of halogens is 1. The second-order valence-corrected chi connectivity index (χ2v) is 20.8. The first kappa shape index (κ1) is 60.2. The molecule has 2 amide bonds. The summed E-state index contributed by atoms with van der Waals surface area (Å²) in [6, 6.07) is 21.6. The van der Waals surface area contributed by atoms with Crippen LogP contribution in [0.4, 0.5) is 26.7 Å². The Balaban J connectivity index is 0.000000325. The highest BCUT2D eigenvalue weighted by molar-refractivity contribution is 9.08. The zero-order valence-electron chi connectivity index (χ0n) is 39.4. The number of benzene rings is 3. The molecule has 69 heavy (non-hydrogen) atoms. The molecule has 3 saturated heterocycles. The number of hydrogen-bond donors (Lipinski definition) is 4. The number of piperidine rings is 3. The maximum atomic E-state index is 12.2. The Kier molecular flexibility index (Phi) is 24.5. The van der Waals surface area contributed by atoms with Crippen molar-refractivity contribution in [2.24, 2.45) is 5.73 Å². The molecule has 0 bridgehead atoms. The lowest BCUT2D eigenvalue weighted by Crippen LogP contribution is -2.49. The van der Waals surface area contributed by atoms with Crippen molar-refractivity contribution >= 4 is 55.4 Å². The van der Waals surface area contributed by atoms with Gasteiger partial charge < -0.3 is 35.6 Å². The number of ether oxygens (including phenoxy) is 2. The number of nitrogens with zero attached hydrogens (tertiary/aromatic N) is 5. The molecule has 3 fully saturated rings. The molecule has 7 rings (SSSR count). The average molecular weight is 1050 g/mol. The summed E-state index contributed by atoms with van der Waals surface area (Å²) in [5.41, 5.74) is 8.30. The van der Waals surface area contributed by atoms with Gasteiger partial charge in [-0.3, -0.25) is 25.0 Å². The van der Waals surface area contributed by atoms with Gasteiger partial charge in [0.2, 0.25) is 0 Å². The van der Waals surface area contributed by atoms with Crippen molar-refractivity contribution < 1.29 is 37.3 Å². The zero-order chi connectivity index (χ0) is 49.4. The van der Waals surface area contributed by atoms with Crippen LogP contribution in [0.1, 0.15) is 112 Å². The van der Waals surface area contributed by atoms with Gasteiger partial charge in [-0.2, -0.15) is 12.7 Å².